The molecule has 0 aromatic carbocycles. The van der Waals surface area contributed by atoms with Crippen LogP contribution in [0.4, 0.5) is 0 Å². The SMILES string of the molecule is NC(N)=NCCC[C@H](NC(=O)CNC(=O)[C@@H](N)CCCN=C(N)N)C(=O)O. The first kappa shape index (κ1) is 23.9. The van der Waals surface area contributed by atoms with Gasteiger partial charge in [-0.25, -0.2) is 4.79 Å². The predicted molar refractivity (Wildman–Crippen MR) is 100 cm³/mol. The Morgan fingerprint density at radius 1 is 0.926 bits per heavy atom. The number of nitrogens with two attached hydrogens (primary N) is 5. The number of carbonyl (C=O) groups is 3. The molecule has 0 rings (SSSR count). The highest BCUT2D eigenvalue weighted by atomic mass is 16.4. The molecule has 0 aromatic heterocycles. The number of nitrogens with one attached hydrogen (secondary N) is 2. The highest BCUT2D eigenvalue weighted by molar-refractivity contribution is 5.89. The van der Waals surface area contributed by atoms with Crippen LogP contribution in [0.25, 0.3) is 0 Å². The number of nitrogens with zero attached hydrogens (tertiary/aromatic N) is 2. The number of carbonyl (C=O) groups excluding carboxylic acids is 2. The summed E-state index contributed by atoms with van der Waals surface area (Å²) in [6, 6.07) is -1.95. The molecular weight excluding hydrogens is 358 g/mol. The third-order valence-corrected chi connectivity index (χ3v) is 3.31. The zero-order valence-electron chi connectivity index (χ0n) is 15.1. The molecule has 0 saturated heterocycles. The number of carboxylic acid groups (broad SMARTS) is 1. The molecule has 0 bridgehead atoms. The number of rotatable bonds is 13. The van der Waals surface area contributed by atoms with Crippen molar-refractivity contribution < 1.29 is 19.5 Å². The van der Waals surface area contributed by atoms with Gasteiger partial charge in [-0.2, -0.15) is 0 Å². The Morgan fingerprint density at radius 2 is 1.44 bits per heavy atom. The Morgan fingerprint density at radius 3 is 1.93 bits per heavy atom. The van der Waals surface area contributed by atoms with E-state index in [1.54, 1.807) is 0 Å². The molecule has 0 aliphatic carbocycles. The summed E-state index contributed by atoms with van der Waals surface area (Å²) in [5.74, 6) is -2.52. The van der Waals surface area contributed by atoms with Crippen molar-refractivity contribution in [2.24, 2.45) is 38.7 Å². The summed E-state index contributed by atoms with van der Waals surface area (Å²) in [4.78, 5) is 42.3. The van der Waals surface area contributed by atoms with Crippen LogP contribution in [-0.4, -0.2) is 66.5 Å². The minimum Gasteiger partial charge on any atom is -0.480 e. The number of aliphatic carboxylic acids is 1. The molecule has 0 fully saturated rings. The molecule has 13 heteroatoms. The maximum Gasteiger partial charge on any atom is 0.326 e. The van der Waals surface area contributed by atoms with Gasteiger partial charge in [-0.1, -0.05) is 0 Å². The van der Waals surface area contributed by atoms with E-state index in [1.165, 1.54) is 0 Å². The fraction of sp³-hybridized carbons (Fsp3) is 0.643. The number of aliphatic imine (C=N–C) groups is 2. The first-order valence-corrected chi connectivity index (χ1v) is 8.29. The quantitative estimate of drug-likeness (QED) is 0.0871. The Hall–Kier alpha value is -3.09. The summed E-state index contributed by atoms with van der Waals surface area (Å²) in [6.45, 7) is 0.190. The van der Waals surface area contributed by atoms with Gasteiger partial charge in [-0.05, 0) is 25.7 Å². The molecule has 0 heterocycles. The van der Waals surface area contributed by atoms with Crippen molar-refractivity contribution in [1.82, 2.24) is 10.6 Å². The van der Waals surface area contributed by atoms with E-state index in [-0.39, 0.29) is 24.9 Å². The first-order valence-electron chi connectivity index (χ1n) is 8.29. The number of amides is 2. The smallest absolute Gasteiger partial charge is 0.326 e. The zero-order valence-corrected chi connectivity index (χ0v) is 15.1. The minimum atomic E-state index is -1.20. The van der Waals surface area contributed by atoms with E-state index in [1.807, 2.05) is 0 Å². The summed E-state index contributed by atoms with van der Waals surface area (Å²) in [5.41, 5.74) is 26.4. The van der Waals surface area contributed by atoms with Crippen molar-refractivity contribution in [3.05, 3.63) is 0 Å². The van der Waals surface area contributed by atoms with Gasteiger partial charge in [-0.3, -0.25) is 19.6 Å². The minimum absolute atomic E-state index is 0.0454. The zero-order chi connectivity index (χ0) is 20.8. The van der Waals surface area contributed by atoms with E-state index in [0.717, 1.165) is 0 Å². The molecule has 0 unspecified atom stereocenters. The van der Waals surface area contributed by atoms with E-state index in [4.69, 9.17) is 33.8 Å². The van der Waals surface area contributed by atoms with Crippen molar-refractivity contribution in [2.75, 3.05) is 19.6 Å². The van der Waals surface area contributed by atoms with Gasteiger partial charge in [0.25, 0.3) is 0 Å². The van der Waals surface area contributed by atoms with Crippen molar-refractivity contribution in [3.63, 3.8) is 0 Å². The van der Waals surface area contributed by atoms with Gasteiger partial charge in [0.05, 0.1) is 12.6 Å². The van der Waals surface area contributed by atoms with Gasteiger partial charge in [0.1, 0.15) is 6.04 Å². The van der Waals surface area contributed by atoms with Crippen molar-refractivity contribution in [2.45, 2.75) is 37.8 Å². The topological polar surface area (TPSA) is 250 Å². The molecule has 154 valence electrons. The second kappa shape index (κ2) is 13.2. The summed E-state index contributed by atoms with van der Waals surface area (Å²) < 4.78 is 0. The van der Waals surface area contributed by atoms with E-state index >= 15 is 0 Å². The molecular formula is C14H29N9O4. The fourth-order valence-corrected chi connectivity index (χ4v) is 1.96. The van der Waals surface area contributed by atoms with E-state index < -0.39 is 36.4 Å². The highest BCUT2D eigenvalue weighted by Crippen LogP contribution is 1.99. The Balaban J connectivity index is 4.21. The van der Waals surface area contributed by atoms with Crippen LogP contribution in [-0.2, 0) is 14.4 Å². The van der Waals surface area contributed by atoms with Crippen LogP contribution < -0.4 is 39.3 Å². The Bertz CT molecular complexity index is 557. The molecule has 0 saturated carbocycles. The predicted octanol–water partition coefficient (Wildman–Crippen LogP) is -3.89. The van der Waals surface area contributed by atoms with Gasteiger partial charge in [0.2, 0.25) is 11.8 Å². The molecule has 2 atom stereocenters. The lowest BCUT2D eigenvalue weighted by atomic mass is 10.1. The summed E-state index contributed by atoms with van der Waals surface area (Å²) in [7, 11) is 0. The van der Waals surface area contributed by atoms with E-state index in [2.05, 4.69) is 20.6 Å². The monoisotopic (exact) mass is 387 g/mol. The lowest BCUT2D eigenvalue weighted by Crippen LogP contribution is -2.48. The summed E-state index contributed by atoms with van der Waals surface area (Å²) in [5, 5.41) is 13.8. The summed E-state index contributed by atoms with van der Waals surface area (Å²) in [6.07, 6.45) is 1.32. The molecule has 13 nitrogen and oxygen atoms in total. The number of carboxylic acids is 1. The van der Waals surface area contributed by atoms with Gasteiger partial charge in [0, 0.05) is 13.1 Å². The number of hydrogen-bond donors (Lipinski definition) is 8. The lowest BCUT2D eigenvalue weighted by Gasteiger charge is -2.15. The average Bonchev–Trinajstić information content (AvgIpc) is 2.58. The van der Waals surface area contributed by atoms with Gasteiger partial charge >= 0.3 is 5.97 Å². The second-order valence-electron chi connectivity index (χ2n) is 5.68. The lowest BCUT2D eigenvalue weighted by molar-refractivity contribution is -0.141. The first-order chi connectivity index (χ1) is 12.6. The van der Waals surface area contributed by atoms with Crippen LogP contribution in [0.15, 0.2) is 9.98 Å². The third-order valence-electron chi connectivity index (χ3n) is 3.31. The normalized spacial score (nSPS) is 12.3. The Kier molecular flexibility index (Phi) is 11.7. The molecule has 0 spiro atoms. The molecule has 13 N–H and O–H groups in total. The maximum absolute atomic E-state index is 11.8. The van der Waals surface area contributed by atoms with Crippen LogP contribution in [0.5, 0.6) is 0 Å². The number of hydrogen-bond acceptors (Lipinski definition) is 6. The maximum atomic E-state index is 11.8. The van der Waals surface area contributed by atoms with Gasteiger partial charge in [-0.15, -0.1) is 0 Å². The van der Waals surface area contributed by atoms with Crippen LogP contribution >= 0.6 is 0 Å². The van der Waals surface area contributed by atoms with E-state index in [9.17, 15) is 14.4 Å². The summed E-state index contributed by atoms with van der Waals surface area (Å²) >= 11 is 0. The van der Waals surface area contributed by atoms with Crippen LogP contribution in [0, 0.1) is 0 Å². The molecule has 0 aliphatic rings. The fourth-order valence-electron chi connectivity index (χ4n) is 1.96. The van der Waals surface area contributed by atoms with Crippen LogP contribution in [0.1, 0.15) is 25.7 Å². The molecule has 27 heavy (non-hydrogen) atoms. The third kappa shape index (κ3) is 12.9. The largest absolute Gasteiger partial charge is 0.480 e. The van der Waals surface area contributed by atoms with Crippen molar-refractivity contribution >= 4 is 29.7 Å². The molecule has 2 amide bonds. The van der Waals surface area contributed by atoms with Crippen LogP contribution in [0.3, 0.4) is 0 Å². The van der Waals surface area contributed by atoms with Crippen LogP contribution in [0.2, 0.25) is 0 Å². The van der Waals surface area contributed by atoms with Crippen molar-refractivity contribution in [1.29, 1.82) is 0 Å². The molecule has 0 aromatic rings. The average molecular weight is 387 g/mol. The standard InChI is InChI=1S/C14H29N9O4/c15-8(3-1-5-20-13(16)17)11(25)22-7-10(24)23-9(12(26)27)4-2-6-21-14(18)19/h8-9H,1-7,15H2,(H,22,25)(H,23,24)(H,26,27)(H4,16,17,20)(H4,18,19,21)/t8-,9-/m0/s1. The highest BCUT2D eigenvalue weighted by Gasteiger charge is 2.20. The second-order valence-corrected chi connectivity index (χ2v) is 5.68. The molecule has 0 radical (unpaired) electrons. The number of guanidine groups is 2. The molecule has 0 aliphatic heterocycles. The van der Waals surface area contributed by atoms with Gasteiger partial charge in [0.15, 0.2) is 11.9 Å². The van der Waals surface area contributed by atoms with Gasteiger partial charge < -0.3 is 44.4 Å². The van der Waals surface area contributed by atoms with Crippen molar-refractivity contribution in [3.8, 4) is 0 Å². The van der Waals surface area contributed by atoms with E-state index in [0.29, 0.717) is 25.8 Å². The Labute approximate surface area is 156 Å².